The maximum absolute atomic E-state index is 12.7. The van der Waals surface area contributed by atoms with Crippen LogP contribution >= 0.6 is 15.9 Å². The second-order valence-electron chi connectivity index (χ2n) is 3.29. The van der Waals surface area contributed by atoms with E-state index >= 15 is 0 Å². The van der Waals surface area contributed by atoms with Crippen molar-refractivity contribution in [3.8, 4) is 0 Å². The summed E-state index contributed by atoms with van der Waals surface area (Å²) in [6, 6.07) is 0. The maximum Gasteiger partial charge on any atom is 0.102 e. The minimum atomic E-state index is -0.0422. The van der Waals surface area contributed by atoms with Gasteiger partial charge in [-0.1, -0.05) is 35.9 Å². The average molecular weight is 205 g/mol. The van der Waals surface area contributed by atoms with Crippen LogP contribution < -0.4 is 0 Å². The number of halogens is 2. The molecule has 0 bridgehead atoms. The second kappa shape index (κ2) is 2.50. The van der Waals surface area contributed by atoms with Crippen molar-refractivity contribution < 1.29 is 4.39 Å². The molecule has 0 atom stereocenters. The monoisotopic (exact) mass is 204 g/mol. The van der Waals surface area contributed by atoms with Gasteiger partial charge in [0.1, 0.15) is 5.83 Å². The van der Waals surface area contributed by atoms with E-state index < -0.39 is 0 Å². The molecule has 0 amide bonds. The summed E-state index contributed by atoms with van der Waals surface area (Å²) in [5, 5.41) is 0. The van der Waals surface area contributed by atoms with Gasteiger partial charge in [0.05, 0.1) is 0 Å². The number of hydrogen-bond donors (Lipinski definition) is 0. The first-order chi connectivity index (χ1) is 4.49. The Morgan fingerprint density at radius 2 is 2.20 bits per heavy atom. The van der Waals surface area contributed by atoms with Crippen LogP contribution in [0.5, 0.6) is 0 Å². The highest BCUT2D eigenvalue weighted by Crippen LogP contribution is 2.35. The van der Waals surface area contributed by atoms with Crippen molar-refractivity contribution in [1.29, 1.82) is 0 Å². The molecule has 0 saturated heterocycles. The normalized spacial score (nSPS) is 23.6. The molecule has 0 aromatic heterocycles. The molecule has 0 fully saturated rings. The second-order valence-corrected chi connectivity index (χ2v) is 4.20. The Balaban J connectivity index is 2.88. The molecule has 2 heteroatoms. The van der Waals surface area contributed by atoms with Gasteiger partial charge < -0.3 is 0 Å². The number of hydrogen-bond acceptors (Lipinski definition) is 0. The summed E-state index contributed by atoms with van der Waals surface area (Å²) in [7, 11) is 0. The minimum absolute atomic E-state index is 0.0301. The molecule has 0 aliphatic heterocycles. The number of rotatable bonds is 0. The fourth-order valence-electron chi connectivity index (χ4n) is 1.10. The average Bonchev–Trinajstić information content (AvgIpc) is 1.54. The van der Waals surface area contributed by atoms with Crippen LogP contribution in [0.3, 0.4) is 0 Å². The molecule has 10 heavy (non-hydrogen) atoms. The zero-order valence-corrected chi connectivity index (χ0v) is 7.70. The van der Waals surface area contributed by atoms with Crippen molar-refractivity contribution >= 4 is 15.9 Å². The Morgan fingerprint density at radius 3 is 2.60 bits per heavy atom. The Kier molecular flexibility index (Phi) is 1.99. The van der Waals surface area contributed by atoms with E-state index in [9.17, 15) is 4.39 Å². The van der Waals surface area contributed by atoms with Crippen LogP contribution in [0, 0.1) is 5.41 Å². The molecule has 0 aromatic carbocycles. The third-order valence-corrected chi connectivity index (χ3v) is 1.91. The zero-order valence-electron chi connectivity index (χ0n) is 6.12. The van der Waals surface area contributed by atoms with E-state index in [0.717, 1.165) is 4.48 Å². The quantitative estimate of drug-likeness (QED) is 0.567. The summed E-state index contributed by atoms with van der Waals surface area (Å²) in [6.07, 6.45) is 4.06. The largest absolute Gasteiger partial charge is 0.212 e. The maximum atomic E-state index is 12.7. The molecule has 1 aliphatic rings. The summed E-state index contributed by atoms with van der Waals surface area (Å²) >= 11 is 3.25. The Labute approximate surface area is 68.9 Å². The van der Waals surface area contributed by atoms with Gasteiger partial charge in [0, 0.05) is 10.9 Å². The zero-order chi connectivity index (χ0) is 7.78. The highest BCUT2D eigenvalue weighted by molar-refractivity contribution is 9.11. The van der Waals surface area contributed by atoms with Gasteiger partial charge in [-0.25, -0.2) is 4.39 Å². The van der Waals surface area contributed by atoms with Crippen LogP contribution in [0.1, 0.15) is 20.3 Å². The fraction of sp³-hybridized carbons (Fsp3) is 0.500. The number of allylic oxidation sites excluding steroid dienone is 4. The predicted octanol–water partition coefficient (Wildman–Crippen LogP) is 3.55. The van der Waals surface area contributed by atoms with E-state index in [1.54, 1.807) is 0 Å². The van der Waals surface area contributed by atoms with Crippen molar-refractivity contribution in [2.45, 2.75) is 20.3 Å². The fourth-order valence-corrected chi connectivity index (χ4v) is 1.97. The molecule has 0 radical (unpaired) electrons. The summed E-state index contributed by atoms with van der Waals surface area (Å²) in [5.41, 5.74) is -0.0301. The first-order valence-corrected chi connectivity index (χ1v) is 4.03. The summed E-state index contributed by atoms with van der Waals surface area (Å²) in [6.45, 7) is 4.03. The molecule has 1 rings (SSSR count). The molecule has 0 N–H and O–H groups in total. The van der Waals surface area contributed by atoms with Crippen molar-refractivity contribution in [3.05, 3.63) is 22.5 Å². The summed E-state index contributed by atoms with van der Waals surface area (Å²) in [4.78, 5) is 0. The van der Waals surface area contributed by atoms with Gasteiger partial charge in [-0.3, -0.25) is 0 Å². The van der Waals surface area contributed by atoms with E-state index in [1.807, 2.05) is 19.9 Å². The lowest BCUT2D eigenvalue weighted by Crippen LogP contribution is -2.10. The molecular weight excluding hydrogens is 195 g/mol. The first-order valence-electron chi connectivity index (χ1n) is 3.24. The van der Waals surface area contributed by atoms with Gasteiger partial charge in [0.25, 0.3) is 0 Å². The topological polar surface area (TPSA) is 0 Å². The van der Waals surface area contributed by atoms with Crippen molar-refractivity contribution in [2.75, 3.05) is 0 Å². The van der Waals surface area contributed by atoms with Gasteiger partial charge in [0.2, 0.25) is 0 Å². The third kappa shape index (κ3) is 1.94. The minimum Gasteiger partial charge on any atom is -0.212 e. The van der Waals surface area contributed by atoms with Crippen molar-refractivity contribution in [3.63, 3.8) is 0 Å². The summed E-state index contributed by atoms with van der Waals surface area (Å²) < 4.78 is 13.6. The van der Waals surface area contributed by atoms with Crippen LogP contribution in [0.25, 0.3) is 0 Å². The lowest BCUT2D eigenvalue weighted by Gasteiger charge is -2.22. The van der Waals surface area contributed by atoms with E-state index in [1.165, 1.54) is 6.08 Å². The predicted molar refractivity (Wildman–Crippen MR) is 44.6 cm³/mol. The van der Waals surface area contributed by atoms with Gasteiger partial charge in [0.15, 0.2) is 0 Å². The Hall–Kier alpha value is -0.110. The van der Waals surface area contributed by atoms with Gasteiger partial charge >= 0.3 is 0 Å². The lowest BCUT2D eigenvalue weighted by atomic mass is 9.86. The molecular formula is C8H10BrF. The van der Waals surface area contributed by atoms with Crippen molar-refractivity contribution in [1.82, 2.24) is 0 Å². The summed E-state index contributed by atoms with van der Waals surface area (Å²) in [5.74, 6) is -0.0422. The molecule has 0 spiro atoms. The molecule has 56 valence electrons. The lowest BCUT2D eigenvalue weighted by molar-refractivity contribution is 0.412. The van der Waals surface area contributed by atoms with Crippen LogP contribution in [0.2, 0.25) is 0 Å². The molecule has 0 nitrogen and oxygen atoms in total. The van der Waals surface area contributed by atoms with Crippen LogP contribution in [0.15, 0.2) is 22.5 Å². The van der Waals surface area contributed by atoms with E-state index in [-0.39, 0.29) is 11.2 Å². The Morgan fingerprint density at radius 1 is 1.60 bits per heavy atom. The molecule has 0 aromatic rings. The Bertz CT molecular complexity index is 201. The van der Waals surface area contributed by atoms with E-state index in [2.05, 4.69) is 15.9 Å². The third-order valence-electron chi connectivity index (χ3n) is 1.45. The first kappa shape index (κ1) is 7.99. The smallest absolute Gasteiger partial charge is 0.102 e. The van der Waals surface area contributed by atoms with Gasteiger partial charge in [-0.2, -0.15) is 0 Å². The van der Waals surface area contributed by atoms with Gasteiger partial charge in [-0.05, 0) is 11.5 Å². The van der Waals surface area contributed by atoms with E-state index in [0.29, 0.717) is 6.42 Å². The van der Waals surface area contributed by atoms with E-state index in [4.69, 9.17) is 0 Å². The standard InChI is InChI=1S/C8H10BrF/c1-8(2)4-6(9)3-7(10)5-8/h3-4H,5H2,1-2H3. The SMILES string of the molecule is CC1(C)C=C(Br)C=C(F)C1. The molecule has 0 unspecified atom stereocenters. The van der Waals surface area contributed by atoms with Gasteiger partial charge in [-0.15, -0.1) is 0 Å². The highest BCUT2D eigenvalue weighted by Gasteiger charge is 2.20. The van der Waals surface area contributed by atoms with Crippen molar-refractivity contribution in [2.24, 2.45) is 5.41 Å². The van der Waals surface area contributed by atoms with Crippen LogP contribution in [0.4, 0.5) is 4.39 Å². The van der Waals surface area contributed by atoms with Crippen LogP contribution in [-0.4, -0.2) is 0 Å². The highest BCUT2D eigenvalue weighted by atomic mass is 79.9. The molecule has 0 saturated carbocycles. The molecule has 1 aliphatic carbocycles. The van der Waals surface area contributed by atoms with Crippen LogP contribution in [-0.2, 0) is 0 Å². The molecule has 0 heterocycles.